The van der Waals surface area contributed by atoms with Crippen LogP contribution in [-0.4, -0.2) is 46.6 Å². The highest BCUT2D eigenvalue weighted by Crippen LogP contribution is 2.08. The molecule has 0 unspecified atom stereocenters. The van der Waals surface area contributed by atoms with Gasteiger partial charge in [0.25, 0.3) is 0 Å². The maximum atomic E-state index is 11.9. The fourth-order valence-electron chi connectivity index (χ4n) is 1.47. The number of nitrogens with two attached hydrogens (primary N) is 1. The van der Waals surface area contributed by atoms with Crippen LogP contribution in [0.4, 0.5) is 0 Å². The van der Waals surface area contributed by atoms with Crippen LogP contribution in [0.25, 0.3) is 0 Å². The predicted octanol–water partition coefficient (Wildman–Crippen LogP) is -0.370. The second-order valence-electron chi connectivity index (χ2n) is 4.95. The highest BCUT2D eigenvalue weighted by molar-refractivity contribution is 5.85. The minimum absolute atomic E-state index is 0.0567. The van der Waals surface area contributed by atoms with Gasteiger partial charge in [0.05, 0.1) is 0 Å². The molecule has 1 amide bonds. The molecule has 0 radical (unpaired) electrons. The summed E-state index contributed by atoms with van der Waals surface area (Å²) in [5.74, 6) is -2.80. The van der Waals surface area contributed by atoms with Gasteiger partial charge in [0.2, 0.25) is 12.2 Å². The normalized spacial score (nSPS) is 15.0. The van der Waals surface area contributed by atoms with Crippen molar-refractivity contribution < 1.29 is 39.4 Å². The van der Waals surface area contributed by atoms with Gasteiger partial charge in [-0.05, 0) is 12.3 Å². The first-order valence-electron chi connectivity index (χ1n) is 6.64. The number of nitrogens with one attached hydrogen (secondary N) is 1. The van der Waals surface area contributed by atoms with E-state index < -0.39 is 36.2 Å². The topological polar surface area (TPSA) is 157 Å². The Bertz CT molecular complexity index is 387. The van der Waals surface area contributed by atoms with E-state index >= 15 is 0 Å². The van der Waals surface area contributed by atoms with Crippen LogP contribution >= 0.6 is 0 Å². The van der Waals surface area contributed by atoms with Crippen LogP contribution < -0.4 is 11.1 Å². The van der Waals surface area contributed by atoms with E-state index in [0.29, 0.717) is 0 Å². The van der Waals surface area contributed by atoms with Gasteiger partial charge in [-0.3, -0.25) is 9.59 Å². The Balaban J connectivity index is 4.48. The third-order valence-corrected chi connectivity index (χ3v) is 2.70. The zero-order chi connectivity index (χ0) is 17.3. The van der Waals surface area contributed by atoms with Crippen molar-refractivity contribution in [2.45, 2.75) is 52.0 Å². The quantitative estimate of drug-likeness (QED) is 0.182. The van der Waals surface area contributed by atoms with Crippen LogP contribution in [0.1, 0.15) is 33.6 Å². The van der Waals surface area contributed by atoms with E-state index in [1.54, 1.807) is 13.8 Å². The first-order chi connectivity index (χ1) is 10.2. The monoisotopic (exact) mass is 322 g/mol. The number of esters is 1. The van der Waals surface area contributed by atoms with E-state index in [1.165, 1.54) is 6.92 Å². The van der Waals surface area contributed by atoms with Crippen LogP contribution in [0.5, 0.6) is 0 Å². The summed E-state index contributed by atoms with van der Waals surface area (Å²) >= 11 is 0. The van der Waals surface area contributed by atoms with Gasteiger partial charge in [0.1, 0.15) is 12.1 Å². The molecule has 10 nitrogen and oxygen atoms in total. The molecule has 5 N–H and O–H groups in total. The SMILES string of the molecule is CC(C)[C@H](NC(=O)CC[C@H](N)C(=O)O)C(=O)O[C@@H](C)OOO. The average Bonchev–Trinajstić information content (AvgIpc) is 2.41. The van der Waals surface area contributed by atoms with Crippen LogP contribution in [0.3, 0.4) is 0 Å². The minimum atomic E-state index is -1.21. The summed E-state index contributed by atoms with van der Waals surface area (Å²) in [6.45, 7) is 4.67. The molecule has 0 aromatic heterocycles. The Labute approximate surface area is 127 Å². The molecular formula is C12H22N2O8. The zero-order valence-corrected chi connectivity index (χ0v) is 12.6. The third-order valence-electron chi connectivity index (χ3n) is 2.70. The molecule has 10 heteroatoms. The molecule has 0 saturated heterocycles. The predicted molar refractivity (Wildman–Crippen MR) is 72.0 cm³/mol. The first-order valence-corrected chi connectivity index (χ1v) is 6.64. The van der Waals surface area contributed by atoms with E-state index in [1.807, 2.05) is 0 Å². The van der Waals surface area contributed by atoms with Gasteiger partial charge in [0, 0.05) is 13.3 Å². The number of rotatable bonds is 10. The number of aliphatic carboxylic acids is 1. The fourth-order valence-corrected chi connectivity index (χ4v) is 1.47. The number of carboxylic acid groups (broad SMARTS) is 1. The van der Waals surface area contributed by atoms with Gasteiger partial charge in [-0.2, -0.15) is 4.89 Å². The van der Waals surface area contributed by atoms with Crippen molar-refractivity contribution in [1.29, 1.82) is 0 Å². The highest BCUT2D eigenvalue weighted by atomic mass is 17.5. The van der Waals surface area contributed by atoms with Crippen molar-refractivity contribution >= 4 is 17.8 Å². The molecule has 0 aliphatic rings. The Morgan fingerprint density at radius 1 is 1.23 bits per heavy atom. The molecule has 0 aliphatic carbocycles. The summed E-state index contributed by atoms with van der Waals surface area (Å²) in [6, 6.07) is -2.11. The third kappa shape index (κ3) is 7.88. The highest BCUT2D eigenvalue weighted by Gasteiger charge is 2.27. The Kier molecular flexibility index (Phi) is 9.26. The smallest absolute Gasteiger partial charge is 0.331 e. The molecule has 128 valence electrons. The summed E-state index contributed by atoms with van der Waals surface area (Å²) in [7, 11) is 0. The number of hydrogen-bond donors (Lipinski definition) is 4. The lowest BCUT2D eigenvalue weighted by atomic mass is 10.0. The number of carboxylic acids is 1. The maximum absolute atomic E-state index is 11.9. The summed E-state index contributed by atoms with van der Waals surface area (Å²) in [5.41, 5.74) is 5.29. The first kappa shape index (κ1) is 20.2. The van der Waals surface area contributed by atoms with Crippen LogP contribution in [-0.2, 0) is 29.0 Å². The molecule has 0 fully saturated rings. The molecule has 3 atom stereocenters. The Morgan fingerprint density at radius 2 is 1.82 bits per heavy atom. The van der Waals surface area contributed by atoms with E-state index in [2.05, 4.69) is 15.2 Å². The fraction of sp³-hybridized carbons (Fsp3) is 0.750. The van der Waals surface area contributed by atoms with Crippen LogP contribution in [0.15, 0.2) is 0 Å². The minimum Gasteiger partial charge on any atom is -0.480 e. The van der Waals surface area contributed by atoms with Gasteiger partial charge in [-0.15, -0.1) is 0 Å². The summed E-state index contributed by atoms with van der Waals surface area (Å²) in [6.07, 6.45) is -1.37. The van der Waals surface area contributed by atoms with Gasteiger partial charge < -0.3 is 20.9 Å². The Hall–Kier alpha value is -1.75. The lowest BCUT2D eigenvalue weighted by Gasteiger charge is -2.22. The Morgan fingerprint density at radius 3 is 2.27 bits per heavy atom. The molecule has 0 heterocycles. The van der Waals surface area contributed by atoms with Crippen molar-refractivity contribution in [2.24, 2.45) is 11.7 Å². The standard InChI is InChI=1S/C12H22N2O8/c1-6(2)10(12(18)20-7(3)21-22-19)14-9(15)5-4-8(13)11(16)17/h6-8,10,19H,4-5,13H2,1-3H3,(H,14,15)(H,16,17)/t7-,8+,10+/m1/s1. The number of ether oxygens (including phenoxy) is 1. The van der Waals surface area contributed by atoms with E-state index in [-0.39, 0.29) is 18.8 Å². The van der Waals surface area contributed by atoms with Crippen molar-refractivity contribution in [3.8, 4) is 0 Å². The molecule has 0 aromatic rings. The lowest BCUT2D eigenvalue weighted by Crippen LogP contribution is -2.46. The lowest BCUT2D eigenvalue weighted by molar-refractivity contribution is -0.523. The van der Waals surface area contributed by atoms with Crippen LogP contribution in [0, 0.1) is 5.92 Å². The van der Waals surface area contributed by atoms with Crippen molar-refractivity contribution in [2.75, 3.05) is 0 Å². The van der Waals surface area contributed by atoms with Gasteiger partial charge >= 0.3 is 11.9 Å². The molecule has 0 aromatic carbocycles. The largest absolute Gasteiger partial charge is 0.480 e. The second kappa shape index (κ2) is 10.1. The molecule has 0 aliphatic heterocycles. The van der Waals surface area contributed by atoms with Crippen LogP contribution in [0.2, 0.25) is 0 Å². The van der Waals surface area contributed by atoms with E-state index in [9.17, 15) is 14.4 Å². The van der Waals surface area contributed by atoms with Crippen molar-refractivity contribution in [1.82, 2.24) is 5.32 Å². The average molecular weight is 322 g/mol. The zero-order valence-electron chi connectivity index (χ0n) is 12.6. The van der Waals surface area contributed by atoms with Crippen molar-refractivity contribution in [3.63, 3.8) is 0 Å². The number of carbonyl (C=O) groups is 3. The number of carbonyl (C=O) groups excluding carboxylic acids is 2. The van der Waals surface area contributed by atoms with Gasteiger partial charge in [-0.25, -0.2) is 10.1 Å². The maximum Gasteiger partial charge on any atom is 0.331 e. The molecule has 0 bridgehead atoms. The molecule has 0 spiro atoms. The molecule has 0 saturated carbocycles. The second-order valence-corrected chi connectivity index (χ2v) is 4.95. The number of hydrogen-bond acceptors (Lipinski definition) is 8. The molecule has 0 rings (SSSR count). The van der Waals surface area contributed by atoms with Gasteiger partial charge in [-0.1, -0.05) is 18.9 Å². The summed E-state index contributed by atoms with van der Waals surface area (Å²) in [5, 5.41) is 22.5. The van der Waals surface area contributed by atoms with Crippen molar-refractivity contribution in [3.05, 3.63) is 0 Å². The van der Waals surface area contributed by atoms with E-state index in [4.69, 9.17) is 20.8 Å². The summed E-state index contributed by atoms with van der Waals surface area (Å²) < 4.78 is 4.80. The van der Waals surface area contributed by atoms with E-state index in [0.717, 1.165) is 0 Å². The summed E-state index contributed by atoms with van der Waals surface area (Å²) in [4.78, 5) is 38.3. The molecular weight excluding hydrogens is 300 g/mol. The molecule has 22 heavy (non-hydrogen) atoms. The number of amides is 1. The van der Waals surface area contributed by atoms with Gasteiger partial charge in [0.15, 0.2) is 0 Å².